The second-order valence-corrected chi connectivity index (χ2v) is 30.7. The molecule has 0 saturated heterocycles. The minimum atomic E-state index is -6.00. The van der Waals surface area contributed by atoms with Gasteiger partial charge in [0.2, 0.25) is 11.6 Å². The SMILES string of the molecule is F[B-](F)(F)F.F[B-](F)(F)F.[Cu+].[Cu+].c1ccc(-c2nnc(-c3ccccn3)nn2)nc1.c1ccc(P(c2ccccc2)c2ccccc2)cc1.c1ccc(P(c2ccccc2)c2ccccc2)cc1.c1ccc(P(c2ccccc2)c2ccccc2)cc1.c1ccc(P(c2ccccc2)c2ccccc2)cc1. The number of aromatic nitrogens is 6. The third-order valence-electron chi connectivity index (χ3n) is 14.4. The van der Waals surface area contributed by atoms with Gasteiger partial charge in [0.25, 0.3) is 0 Å². The van der Waals surface area contributed by atoms with Gasteiger partial charge < -0.3 is 34.5 Å². The molecule has 0 saturated carbocycles. The standard InChI is InChI=1S/4C18H15P.C12H8N6.2BF4.2Cu/c4*1-4-10-16(11-5-1)19(17-12-6-2-7-13-17)18-14-8-3-9-15-18;1-3-7-13-9(5-1)11-15-17-12(18-16-11)10-6-2-4-8-14-10;2*2-1(3,4)5;;/h4*1-15H;1-8H;;;;/q;;;;;2*-1;2*+1. The predicted octanol–water partition coefficient (Wildman–Crippen LogP) is 17.8. The zero-order valence-corrected chi connectivity index (χ0v) is 62.0. The van der Waals surface area contributed by atoms with Crippen molar-refractivity contribution in [3.05, 3.63) is 413 Å². The van der Waals surface area contributed by atoms with Crippen molar-refractivity contribution in [2.24, 2.45) is 0 Å². The maximum Gasteiger partial charge on any atom is 1.00 e. The molecule has 0 fully saturated rings. The molecule has 0 unspecified atom stereocenters. The van der Waals surface area contributed by atoms with Crippen LogP contribution in [0.1, 0.15) is 0 Å². The van der Waals surface area contributed by atoms with Gasteiger partial charge in [0.05, 0.1) is 0 Å². The van der Waals surface area contributed by atoms with Gasteiger partial charge >= 0.3 is 48.6 Å². The van der Waals surface area contributed by atoms with Gasteiger partial charge in [-0.15, -0.1) is 20.4 Å². The van der Waals surface area contributed by atoms with Gasteiger partial charge in [0.15, 0.2) is 0 Å². The molecular weight excluding hydrogens is 1520 g/mol. The second kappa shape index (κ2) is 45.5. The fourth-order valence-electron chi connectivity index (χ4n) is 10.1. The van der Waals surface area contributed by atoms with E-state index in [0.717, 1.165) is 0 Å². The van der Waals surface area contributed by atoms with Gasteiger partial charge in [-0.2, -0.15) is 0 Å². The molecule has 0 spiro atoms. The number of pyridine rings is 2. The van der Waals surface area contributed by atoms with E-state index < -0.39 is 46.2 Å². The van der Waals surface area contributed by atoms with Crippen LogP contribution in [0.4, 0.5) is 34.5 Å². The van der Waals surface area contributed by atoms with Crippen molar-refractivity contribution in [1.29, 1.82) is 0 Å². The van der Waals surface area contributed by atoms with Gasteiger partial charge in [-0.3, -0.25) is 9.97 Å². The molecule has 0 amide bonds. The summed E-state index contributed by atoms with van der Waals surface area (Å²) >= 11 is 0. The summed E-state index contributed by atoms with van der Waals surface area (Å²) in [5.74, 6) is 0.797. The molecule has 0 aliphatic heterocycles. The predicted molar refractivity (Wildman–Crippen MR) is 425 cm³/mol. The fourth-order valence-corrected chi connectivity index (χ4v) is 19.4. The van der Waals surface area contributed by atoms with Crippen molar-refractivity contribution in [3.8, 4) is 23.0 Å². The van der Waals surface area contributed by atoms with Crippen LogP contribution in [0.5, 0.6) is 0 Å². The Morgan fingerprint density at radius 2 is 0.283 bits per heavy atom. The third kappa shape index (κ3) is 28.9. The Hall–Kier alpha value is -9.79. The second-order valence-electron chi connectivity index (χ2n) is 21.8. The van der Waals surface area contributed by atoms with Crippen LogP contribution in [0, 0.1) is 0 Å². The van der Waals surface area contributed by atoms with Crippen molar-refractivity contribution in [2.45, 2.75) is 0 Å². The molecule has 0 bridgehead atoms. The van der Waals surface area contributed by atoms with Gasteiger partial charge in [-0.05, 0) is 120 Å². The third-order valence-corrected chi connectivity index (χ3v) is 24.2. The largest absolute Gasteiger partial charge is 1.00 e. The molecular formula is C84H68B2Cu2F8N6P4. The van der Waals surface area contributed by atoms with E-state index in [4.69, 9.17) is 0 Å². The summed E-state index contributed by atoms with van der Waals surface area (Å²) in [4.78, 5) is 8.26. The average Bonchev–Trinajstić information content (AvgIpc) is 0.837. The van der Waals surface area contributed by atoms with E-state index in [1.807, 2.05) is 24.3 Å². The summed E-state index contributed by atoms with van der Waals surface area (Å²) in [6.07, 6.45) is 3.34. The first-order valence-corrected chi connectivity index (χ1v) is 38.1. The van der Waals surface area contributed by atoms with E-state index >= 15 is 0 Å². The van der Waals surface area contributed by atoms with Crippen LogP contribution in [0.2, 0.25) is 0 Å². The molecule has 15 rings (SSSR count). The maximum absolute atomic E-state index is 9.75. The zero-order valence-electron chi connectivity index (χ0n) is 56.5. The summed E-state index contributed by atoms with van der Waals surface area (Å²) in [5.41, 5.74) is 1.29. The Bertz CT molecular complexity index is 3840. The summed E-state index contributed by atoms with van der Waals surface area (Å²) in [6, 6.07) is 140. The van der Waals surface area contributed by atoms with Crippen molar-refractivity contribution >= 4 is 110 Å². The van der Waals surface area contributed by atoms with Gasteiger partial charge in [0.1, 0.15) is 11.4 Å². The minimum Gasteiger partial charge on any atom is -0.418 e. The molecule has 12 aromatic carbocycles. The number of nitrogens with zero attached hydrogens (tertiary/aromatic N) is 6. The van der Waals surface area contributed by atoms with Crippen LogP contribution in [-0.4, -0.2) is 44.9 Å². The monoisotopic (exact) mass is 1580 g/mol. The summed E-state index contributed by atoms with van der Waals surface area (Å²) < 4.78 is 78.0. The van der Waals surface area contributed by atoms with Gasteiger partial charge in [0, 0.05) is 12.4 Å². The average molecular weight is 1590 g/mol. The van der Waals surface area contributed by atoms with E-state index in [1.165, 1.54) is 63.7 Å². The van der Waals surface area contributed by atoms with Crippen molar-refractivity contribution < 1.29 is 68.7 Å². The molecule has 538 valence electrons. The molecule has 3 aromatic heterocycles. The van der Waals surface area contributed by atoms with Gasteiger partial charge in [-0.1, -0.05) is 376 Å². The topological polar surface area (TPSA) is 77.3 Å². The van der Waals surface area contributed by atoms with E-state index in [9.17, 15) is 34.5 Å². The number of benzene rings is 12. The Labute approximate surface area is 640 Å². The Kier molecular flexibility index (Phi) is 35.9. The van der Waals surface area contributed by atoms with Crippen LogP contribution in [-0.2, 0) is 34.1 Å². The smallest absolute Gasteiger partial charge is 0.418 e. The molecule has 0 aliphatic rings. The van der Waals surface area contributed by atoms with Crippen molar-refractivity contribution in [3.63, 3.8) is 0 Å². The Morgan fingerprint density at radius 1 is 0.170 bits per heavy atom. The minimum absolute atomic E-state index is 0. The van der Waals surface area contributed by atoms with Crippen LogP contribution >= 0.6 is 31.7 Å². The summed E-state index contributed by atoms with van der Waals surface area (Å²) in [5, 5.41) is 32.8. The number of hydrogen-bond acceptors (Lipinski definition) is 6. The zero-order chi connectivity index (χ0) is 72.9. The number of halogens is 8. The fraction of sp³-hybridized carbons (Fsp3) is 0. The summed E-state index contributed by atoms with van der Waals surface area (Å²) in [6.45, 7) is 0. The molecule has 106 heavy (non-hydrogen) atoms. The number of rotatable bonds is 14. The van der Waals surface area contributed by atoms with Crippen LogP contribution in [0.15, 0.2) is 413 Å². The van der Waals surface area contributed by atoms with E-state index in [1.54, 1.807) is 24.5 Å². The molecule has 3 heterocycles. The molecule has 0 atom stereocenters. The Morgan fingerprint density at radius 3 is 0.387 bits per heavy atom. The first-order chi connectivity index (χ1) is 50.7. The van der Waals surface area contributed by atoms with Crippen LogP contribution in [0.3, 0.4) is 0 Å². The Balaban J connectivity index is 0.000000178. The quantitative estimate of drug-likeness (QED) is 0.0613. The number of hydrogen-bond donors (Lipinski definition) is 0. The first kappa shape index (κ1) is 83.5. The molecule has 0 radical (unpaired) electrons. The normalized spacial score (nSPS) is 10.5. The molecule has 22 heteroatoms. The maximum atomic E-state index is 9.75. The van der Waals surface area contributed by atoms with E-state index in [2.05, 4.69) is 394 Å². The first-order valence-electron chi connectivity index (χ1n) is 32.7. The molecule has 15 aromatic rings. The van der Waals surface area contributed by atoms with Crippen molar-refractivity contribution in [1.82, 2.24) is 30.4 Å². The van der Waals surface area contributed by atoms with Crippen LogP contribution < -0.4 is 63.7 Å². The van der Waals surface area contributed by atoms with Gasteiger partial charge in [-0.25, -0.2) is 0 Å². The van der Waals surface area contributed by atoms with Crippen LogP contribution in [0.25, 0.3) is 23.0 Å². The summed E-state index contributed by atoms with van der Waals surface area (Å²) in [7, 11) is -13.8. The van der Waals surface area contributed by atoms with E-state index in [0.29, 0.717) is 23.0 Å². The molecule has 0 N–H and O–H groups in total. The van der Waals surface area contributed by atoms with E-state index in [-0.39, 0.29) is 34.1 Å². The molecule has 6 nitrogen and oxygen atoms in total. The molecule has 0 aliphatic carbocycles. The van der Waals surface area contributed by atoms with Crippen molar-refractivity contribution in [2.75, 3.05) is 0 Å².